The minimum Gasteiger partial charge on any atom is -0.385 e. The molecule has 1 aromatic rings. The summed E-state index contributed by atoms with van der Waals surface area (Å²) in [5, 5.41) is 13.7. The van der Waals surface area contributed by atoms with Gasteiger partial charge in [-0.25, -0.2) is 0 Å². The first-order valence-corrected chi connectivity index (χ1v) is 6.07. The second kappa shape index (κ2) is 7.62. The number of nitro groups is 1. The van der Waals surface area contributed by atoms with Crippen molar-refractivity contribution in [1.29, 1.82) is 0 Å². The van der Waals surface area contributed by atoms with Gasteiger partial charge in [0, 0.05) is 30.4 Å². The summed E-state index contributed by atoms with van der Waals surface area (Å²) in [6.45, 7) is 1.42. The third-order valence-electron chi connectivity index (χ3n) is 2.70. The third kappa shape index (κ3) is 5.11. The number of nitro benzene ring substituents is 1. The predicted octanol–water partition coefficient (Wildman–Crippen LogP) is 1.46. The number of nitrogens with two attached hydrogens (primary N) is 2. The van der Waals surface area contributed by atoms with Crippen LogP contribution in [0.1, 0.15) is 19.3 Å². The highest BCUT2D eigenvalue weighted by molar-refractivity contribution is 5.48. The van der Waals surface area contributed by atoms with E-state index in [0.717, 1.165) is 31.5 Å². The quantitative estimate of drug-likeness (QED) is 0.369. The van der Waals surface area contributed by atoms with E-state index in [1.165, 1.54) is 12.1 Å². The Hall–Kier alpha value is -1.66. The van der Waals surface area contributed by atoms with Crippen LogP contribution in [0.3, 0.4) is 0 Å². The SMILES string of the molecule is NCCC(N)CCCNc1ccc([N+](=O)[O-])cc1. The molecule has 0 aliphatic carbocycles. The molecule has 5 N–H and O–H groups in total. The Morgan fingerprint density at radius 3 is 2.50 bits per heavy atom. The molecule has 6 nitrogen and oxygen atoms in total. The molecule has 0 aromatic heterocycles. The average molecular weight is 252 g/mol. The maximum absolute atomic E-state index is 10.5. The first-order valence-electron chi connectivity index (χ1n) is 6.07. The lowest BCUT2D eigenvalue weighted by Gasteiger charge is -2.10. The van der Waals surface area contributed by atoms with E-state index < -0.39 is 4.92 Å². The minimum atomic E-state index is -0.407. The lowest BCUT2D eigenvalue weighted by molar-refractivity contribution is -0.384. The molecule has 100 valence electrons. The number of hydrogen-bond donors (Lipinski definition) is 3. The van der Waals surface area contributed by atoms with Gasteiger partial charge in [0.15, 0.2) is 0 Å². The van der Waals surface area contributed by atoms with Gasteiger partial charge in [0.1, 0.15) is 0 Å². The van der Waals surface area contributed by atoms with Crippen molar-refractivity contribution in [2.75, 3.05) is 18.4 Å². The van der Waals surface area contributed by atoms with Crippen LogP contribution in [0.2, 0.25) is 0 Å². The molecule has 0 saturated carbocycles. The lowest BCUT2D eigenvalue weighted by atomic mass is 10.1. The van der Waals surface area contributed by atoms with E-state index in [1.807, 2.05) is 0 Å². The van der Waals surface area contributed by atoms with E-state index in [2.05, 4.69) is 5.32 Å². The normalized spacial score (nSPS) is 12.1. The monoisotopic (exact) mass is 252 g/mol. The summed E-state index contributed by atoms with van der Waals surface area (Å²) in [6.07, 6.45) is 2.73. The molecule has 6 heteroatoms. The van der Waals surface area contributed by atoms with Crippen molar-refractivity contribution in [3.8, 4) is 0 Å². The van der Waals surface area contributed by atoms with E-state index in [1.54, 1.807) is 12.1 Å². The topological polar surface area (TPSA) is 107 Å². The molecule has 0 radical (unpaired) electrons. The molecule has 0 aliphatic rings. The molecule has 1 rings (SSSR count). The van der Waals surface area contributed by atoms with Crippen molar-refractivity contribution in [1.82, 2.24) is 0 Å². The molecule has 0 heterocycles. The highest BCUT2D eigenvalue weighted by Gasteiger charge is 2.04. The third-order valence-corrected chi connectivity index (χ3v) is 2.70. The Morgan fingerprint density at radius 1 is 1.28 bits per heavy atom. The second-order valence-electron chi connectivity index (χ2n) is 4.21. The van der Waals surface area contributed by atoms with Gasteiger partial charge in [0.2, 0.25) is 0 Å². The highest BCUT2D eigenvalue weighted by Crippen LogP contribution is 2.15. The van der Waals surface area contributed by atoms with Crippen LogP contribution in [0.5, 0.6) is 0 Å². The van der Waals surface area contributed by atoms with Crippen molar-refractivity contribution >= 4 is 11.4 Å². The zero-order chi connectivity index (χ0) is 13.4. The lowest BCUT2D eigenvalue weighted by Crippen LogP contribution is -2.24. The highest BCUT2D eigenvalue weighted by atomic mass is 16.6. The summed E-state index contributed by atoms with van der Waals surface area (Å²) in [7, 11) is 0. The summed E-state index contributed by atoms with van der Waals surface area (Å²) in [5.41, 5.74) is 12.2. The molecular weight excluding hydrogens is 232 g/mol. The first-order chi connectivity index (χ1) is 8.63. The van der Waals surface area contributed by atoms with E-state index >= 15 is 0 Å². The van der Waals surface area contributed by atoms with Gasteiger partial charge < -0.3 is 16.8 Å². The molecule has 0 aliphatic heterocycles. The largest absolute Gasteiger partial charge is 0.385 e. The summed E-state index contributed by atoms with van der Waals surface area (Å²) in [6, 6.07) is 6.55. The van der Waals surface area contributed by atoms with Gasteiger partial charge in [-0.15, -0.1) is 0 Å². The fourth-order valence-electron chi connectivity index (χ4n) is 1.66. The summed E-state index contributed by atoms with van der Waals surface area (Å²) in [5.74, 6) is 0. The average Bonchev–Trinajstić information content (AvgIpc) is 2.35. The zero-order valence-electron chi connectivity index (χ0n) is 10.3. The summed E-state index contributed by atoms with van der Waals surface area (Å²) >= 11 is 0. The molecule has 0 bridgehead atoms. The number of rotatable bonds is 8. The summed E-state index contributed by atoms with van der Waals surface area (Å²) < 4.78 is 0. The Kier molecular flexibility index (Phi) is 6.10. The van der Waals surface area contributed by atoms with Crippen molar-refractivity contribution in [2.45, 2.75) is 25.3 Å². The molecule has 0 fully saturated rings. The minimum absolute atomic E-state index is 0.102. The Morgan fingerprint density at radius 2 is 1.94 bits per heavy atom. The van der Waals surface area contributed by atoms with Crippen LogP contribution in [0.15, 0.2) is 24.3 Å². The van der Waals surface area contributed by atoms with E-state index in [4.69, 9.17) is 11.5 Å². The Bertz CT molecular complexity index is 367. The van der Waals surface area contributed by atoms with Crippen LogP contribution in [0.4, 0.5) is 11.4 Å². The van der Waals surface area contributed by atoms with E-state index in [9.17, 15) is 10.1 Å². The van der Waals surface area contributed by atoms with Gasteiger partial charge in [-0.2, -0.15) is 0 Å². The molecule has 1 aromatic carbocycles. The van der Waals surface area contributed by atoms with Crippen LogP contribution in [-0.2, 0) is 0 Å². The van der Waals surface area contributed by atoms with Crippen molar-refractivity contribution < 1.29 is 4.92 Å². The van der Waals surface area contributed by atoms with Gasteiger partial charge in [-0.3, -0.25) is 10.1 Å². The Labute approximate surface area is 107 Å². The molecular formula is C12H20N4O2. The van der Waals surface area contributed by atoms with Crippen LogP contribution in [0, 0.1) is 10.1 Å². The van der Waals surface area contributed by atoms with Crippen molar-refractivity contribution in [3.05, 3.63) is 34.4 Å². The number of hydrogen-bond acceptors (Lipinski definition) is 5. The maximum Gasteiger partial charge on any atom is 0.269 e. The standard InChI is InChI=1S/C12H20N4O2/c13-8-7-10(14)2-1-9-15-11-3-5-12(6-4-11)16(17)18/h3-6,10,15H,1-2,7-9,13-14H2. The number of nitrogens with zero attached hydrogens (tertiary/aromatic N) is 1. The molecule has 1 unspecified atom stereocenters. The van der Waals surface area contributed by atoms with Crippen LogP contribution < -0.4 is 16.8 Å². The van der Waals surface area contributed by atoms with Gasteiger partial charge >= 0.3 is 0 Å². The number of anilines is 1. The fourth-order valence-corrected chi connectivity index (χ4v) is 1.66. The van der Waals surface area contributed by atoms with E-state index in [0.29, 0.717) is 6.54 Å². The smallest absolute Gasteiger partial charge is 0.269 e. The fraction of sp³-hybridized carbons (Fsp3) is 0.500. The molecule has 0 saturated heterocycles. The maximum atomic E-state index is 10.5. The van der Waals surface area contributed by atoms with Gasteiger partial charge in [0.05, 0.1) is 4.92 Å². The second-order valence-corrected chi connectivity index (χ2v) is 4.21. The summed E-state index contributed by atoms with van der Waals surface area (Å²) in [4.78, 5) is 10.1. The Balaban J connectivity index is 2.25. The van der Waals surface area contributed by atoms with Crippen LogP contribution in [0.25, 0.3) is 0 Å². The van der Waals surface area contributed by atoms with Crippen molar-refractivity contribution in [3.63, 3.8) is 0 Å². The van der Waals surface area contributed by atoms with Crippen LogP contribution >= 0.6 is 0 Å². The van der Waals surface area contributed by atoms with Crippen molar-refractivity contribution in [2.24, 2.45) is 11.5 Å². The molecule has 1 atom stereocenters. The molecule has 0 amide bonds. The number of benzene rings is 1. The molecule has 18 heavy (non-hydrogen) atoms. The van der Waals surface area contributed by atoms with E-state index in [-0.39, 0.29) is 11.7 Å². The van der Waals surface area contributed by atoms with Gasteiger partial charge in [0.25, 0.3) is 5.69 Å². The first kappa shape index (κ1) is 14.4. The number of non-ortho nitro benzene ring substituents is 1. The molecule has 0 spiro atoms. The van der Waals surface area contributed by atoms with Gasteiger partial charge in [-0.1, -0.05) is 0 Å². The zero-order valence-corrected chi connectivity index (χ0v) is 10.3. The predicted molar refractivity (Wildman–Crippen MR) is 72.5 cm³/mol. The van der Waals surface area contributed by atoms with Gasteiger partial charge in [-0.05, 0) is 37.9 Å². The number of nitrogens with one attached hydrogen (secondary N) is 1. The van der Waals surface area contributed by atoms with Crippen LogP contribution in [-0.4, -0.2) is 24.1 Å².